The third kappa shape index (κ3) is 6.21. The summed E-state index contributed by atoms with van der Waals surface area (Å²) in [6.07, 6.45) is 3.41. The maximum absolute atomic E-state index is 11.8. The fourth-order valence-corrected chi connectivity index (χ4v) is 4.43. The predicted octanol–water partition coefficient (Wildman–Crippen LogP) is 5.05. The molecule has 2 aliphatic heterocycles. The van der Waals surface area contributed by atoms with E-state index in [-0.39, 0.29) is 31.9 Å². The molecular formula is C30H36IrN4O4. The Balaban J connectivity index is 0.000000267. The molecule has 0 saturated heterocycles. The van der Waals surface area contributed by atoms with Gasteiger partial charge < -0.3 is 20.8 Å². The van der Waals surface area contributed by atoms with Gasteiger partial charge in [0.2, 0.25) is 0 Å². The van der Waals surface area contributed by atoms with Gasteiger partial charge in [-0.05, 0) is 36.8 Å². The number of benzene rings is 2. The summed E-state index contributed by atoms with van der Waals surface area (Å²) in [6, 6.07) is 18.2. The van der Waals surface area contributed by atoms with Crippen LogP contribution in [0.1, 0.15) is 52.7 Å². The molecule has 2 unspecified atom stereocenters. The van der Waals surface area contributed by atoms with Crippen LogP contribution in [0.4, 0.5) is 0 Å². The molecule has 0 amide bonds. The summed E-state index contributed by atoms with van der Waals surface area (Å²) in [7, 11) is 0. The average Bonchev–Trinajstić information content (AvgIpc) is 2.89. The molecule has 0 aliphatic carbocycles. The van der Waals surface area contributed by atoms with Gasteiger partial charge in [-0.25, -0.2) is 9.59 Å². The monoisotopic (exact) mass is 709 g/mol. The molecule has 4 rings (SSSR count). The second-order valence-electron chi connectivity index (χ2n) is 9.97. The van der Waals surface area contributed by atoms with E-state index in [0.29, 0.717) is 22.6 Å². The van der Waals surface area contributed by atoms with E-state index >= 15 is 0 Å². The SMILES string of the molecule is CC1=NC(C(C)C)=CNC1(C(=O)O)c1ccccc1.CC1=NC(C(C)C)=CNC1(C(=O)O)c1ccccc1.[Ir]. The minimum Gasteiger partial charge on any atom is -0.479 e. The number of allylic oxidation sites excluding steroid dienone is 2. The van der Waals surface area contributed by atoms with Crippen LogP contribution in [0.15, 0.2) is 94.4 Å². The molecule has 2 aromatic rings. The van der Waals surface area contributed by atoms with Crippen LogP contribution < -0.4 is 10.6 Å². The molecule has 2 aliphatic rings. The minimum atomic E-state index is -1.26. The van der Waals surface area contributed by atoms with Crippen LogP contribution in [0, 0.1) is 11.8 Å². The second kappa shape index (κ2) is 13.0. The normalized spacial score (nSPS) is 21.9. The Bertz CT molecular complexity index is 1200. The Hall–Kier alpha value is -3.55. The van der Waals surface area contributed by atoms with E-state index in [1.165, 1.54) is 0 Å². The molecule has 209 valence electrons. The molecule has 2 atom stereocenters. The molecule has 0 aromatic heterocycles. The Morgan fingerprint density at radius 2 is 0.974 bits per heavy atom. The Morgan fingerprint density at radius 1 is 0.667 bits per heavy atom. The zero-order valence-electron chi connectivity index (χ0n) is 23.0. The number of nitrogens with zero attached hydrogens (tertiary/aromatic N) is 2. The Labute approximate surface area is 243 Å². The van der Waals surface area contributed by atoms with Gasteiger partial charge in [-0.15, -0.1) is 0 Å². The predicted molar refractivity (Wildman–Crippen MR) is 150 cm³/mol. The molecule has 0 saturated carbocycles. The first-order chi connectivity index (χ1) is 18.0. The molecule has 2 heterocycles. The first-order valence-corrected chi connectivity index (χ1v) is 12.6. The van der Waals surface area contributed by atoms with E-state index in [1.54, 1.807) is 50.5 Å². The molecule has 39 heavy (non-hydrogen) atoms. The van der Waals surface area contributed by atoms with Crippen LogP contribution in [0.5, 0.6) is 0 Å². The van der Waals surface area contributed by atoms with Gasteiger partial charge in [-0.2, -0.15) is 0 Å². The Morgan fingerprint density at radius 3 is 1.21 bits per heavy atom. The maximum Gasteiger partial charge on any atom is 0.340 e. The van der Waals surface area contributed by atoms with Gasteiger partial charge in [-0.1, -0.05) is 88.4 Å². The smallest absolute Gasteiger partial charge is 0.340 e. The van der Waals surface area contributed by atoms with Crippen molar-refractivity contribution in [3.05, 3.63) is 95.6 Å². The largest absolute Gasteiger partial charge is 0.479 e. The van der Waals surface area contributed by atoms with Crippen LogP contribution >= 0.6 is 0 Å². The van der Waals surface area contributed by atoms with Gasteiger partial charge in [0.05, 0.1) is 22.8 Å². The van der Waals surface area contributed by atoms with Crippen LogP contribution in [-0.4, -0.2) is 33.6 Å². The van der Waals surface area contributed by atoms with E-state index < -0.39 is 23.0 Å². The number of carboxylic acid groups (broad SMARTS) is 2. The van der Waals surface area contributed by atoms with Crippen LogP contribution in [0.3, 0.4) is 0 Å². The summed E-state index contributed by atoms with van der Waals surface area (Å²) in [4.78, 5) is 32.5. The summed E-state index contributed by atoms with van der Waals surface area (Å²) in [5, 5.41) is 25.4. The first kappa shape index (κ1) is 31.7. The summed E-state index contributed by atoms with van der Waals surface area (Å²) in [5.74, 6) is -1.38. The molecule has 2 aromatic carbocycles. The van der Waals surface area contributed by atoms with E-state index in [1.807, 2.05) is 64.1 Å². The standard InChI is InChI=1S/2C15H18N2O2.Ir/c2*1-10(2)13-9-16-15(14(18)19,11(3)17-13)12-7-5-4-6-8-12;/h2*4-10,16H,1-3H3,(H,18,19);. The van der Waals surface area contributed by atoms with Crippen molar-refractivity contribution in [2.24, 2.45) is 21.8 Å². The number of carbonyl (C=O) groups is 2. The van der Waals surface area contributed by atoms with E-state index in [2.05, 4.69) is 20.6 Å². The number of hydrogen-bond acceptors (Lipinski definition) is 6. The number of rotatable bonds is 6. The first-order valence-electron chi connectivity index (χ1n) is 12.6. The summed E-state index contributed by atoms with van der Waals surface area (Å²) < 4.78 is 0. The van der Waals surface area contributed by atoms with E-state index in [9.17, 15) is 19.8 Å². The van der Waals surface area contributed by atoms with Crippen molar-refractivity contribution in [3.63, 3.8) is 0 Å². The molecule has 8 nitrogen and oxygen atoms in total. The number of aliphatic imine (C=N–C) groups is 2. The zero-order chi connectivity index (χ0) is 28.1. The van der Waals surface area contributed by atoms with Crippen LogP contribution in [0.25, 0.3) is 0 Å². The topological polar surface area (TPSA) is 123 Å². The third-order valence-corrected chi connectivity index (χ3v) is 6.79. The van der Waals surface area contributed by atoms with Gasteiger partial charge in [0.15, 0.2) is 11.1 Å². The number of aliphatic carboxylic acids is 2. The fourth-order valence-electron chi connectivity index (χ4n) is 4.43. The van der Waals surface area contributed by atoms with Crippen molar-refractivity contribution < 1.29 is 39.9 Å². The number of nitrogens with one attached hydrogen (secondary N) is 2. The van der Waals surface area contributed by atoms with Crippen molar-refractivity contribution in [1.29, 1.82) is 0 Å². The van der Waals surface area contributed by atoms with Gasteiger partial charge in [-0.3, -0.25) is 9.98 Å². The van der Waals surface area contributed by atoms with Gasteiger partial charge in [0, 0.05) is 32.5 Å². The number of hydrogen-bond donors (Lipinski definition) is 4. The maximum atomic E-state index is 11.8. The number of carboxylic acids is 2. The molecule has 9 heteroatoms. The van der Waals surface area contributed by atoms with E-state index in [0.717, 1.165) is 11.4 Å². The minimum absolute atomic E-state index is 0. The van der Waals surface area contributed by atoms with Gasteiger partial charge in [0.1, 0.15) is 0 Å². The molecular weight excluding hydrogens is 673 g/mol. The Kier molecular flexibility index (Phi) is 10.6. The summed E-state index contributed by atoms with van der Waals surface area (Å²) in [5.41, 5.74) is 1.68. The zero-order valence-corrected chi connectivity index (χ0v) is 25.4. The van der Waals surface area contributed by atoms with Crippen molar-refractivity contribution in [2.45, 2.75) is 52.6 Å². The molecule has 1 radical (unpaired) electrons. The molecule has 0 fully saturated rings. The van der Waals surface area contributed by atoms with Gasteiger partial charge >= 0.3 is 11.9 Å². The third-order valence-electron chi connectivity index (χ3n) is 6.79. The van der Waals surface area contributed by atoms with E-state index in [4.69, 9.17) is 0 Å². The summed E-state index contributed by atoms with van der Waals surface area (Å²) in [6.45, 7) is 11.6. The molecule has 4 N–H and O–H groups in total. The average molecular weight is 709 g/mol. The van der Waals surface area contributed by atoms with Crippen LogP contribution in [-0.2, 0) is 40.8 Å². The second-order valence-corrected chi connectivity index (χ2v) is 9.97. The van der Waals surface area contributed by atoms with Crippen molar-refractivity contribution in [3.8, 4) is 0 Å². The van der Waals surface area contributed by atoms with Crippen molar-refractivity contribution in [1.82, 2.24) is 10.6 Å². The van der Waals surface area contributed by atoms with Crippen molar-refractivity contribution >= 4 is 23.4 Å². The summed E-state index contributed by atoms with van der Waals surface area (Å²) >= 11 is 0. The quantitative estimate of drug-likeness (QED) is 0.333. The molecule has 0 spiro atoms. The van der Waals surface area contributed by atoms with Crippen molar-refractivity contribution in [2.75, 3.05) is 0 Å². The fraction of sp³-hybridized carbons (Fsp3) is 0.333. The van der Waals surface area contributed by atoms with Crippen LogP contribution in [0.2, 0.25) is 0 Å². The molecule has 0 bridgehead atoms. The van der Waals surface area contributed by atoms with Gasteiger partial charge in [0.25, 0.3) is 0 Å².